The van der Waals surface area contributed by atoms with E-state index in [4.69, 9.17) is 13.5 Å². The maximum Gasteiger partial charge on any atom is 0.123 e. The molecule has 0 aliphatic rings. The Morgan fingerprint density at radius 2 is 1.47 bits per heavy atom. The number of para-hydroxylation sites is 3. The van der Waals surface area contributed by atoms with E-state index in [1.165, 1.54) is 35.0 Å². The van der Waals surface area contributed by atoms with E-state index in [9.17, 15) is 8.78 Å². The first-order valence-corrected chi connectivity index (χ1v) is 19.9. The van der Waals surface area contributed by atoms with Gasteiger partial charge in [-0.25, -0.2) is 4.39 Å². The number of rotatable bonds is 6. The summed E-state index contributed by atoms with van der Waals surface area (Å²) in [6.45, 7) is 12.8. The number of hydrogen-bond acceptors (Lipinski definition) is 3. The van der Waals surface area contributed by atoms with Gasteiger partial charge in [-0.1, -0.05) is 139 Å². The van der Waals surface area contributed by atoms with Gasteiger partial charge in [0.05, 0.1) is 22.4 Å². The molecule has 0 aliphatic carbocycles. The van der Waals surface area contributed by atoms with Gasteiger partial charge in [0.2, 0.25) is 0 Å². The van der Waals surface area contributed by atoms with E-state index in [0.29, 0.717) is 17.5 Å². The fourth-order valence-electron chi connectivity index (χ4n) is 7.57. The minimum atomic E-state index is -2.33. The third-order valence-corrected chi connectivity index (χ3v) is 10.7. The predicted molar refractivity (Wildman–Crippen MR) is 238 cm³/mol. The van der Waals surface area contributed by atoms with Gasteiger partial charge in [0.15, 0.2) is 0 Å². The fourth-order valence-corrected chi connectivity index (χ4v) is 7.57. The summed E-state index contributed by atoms with van der Waals surface area (Å²) >= 11 is 0. The van der Waals surface area contributed by atoms with Gasteiger partial charge in [-0.2, -0.15) is 0 Å². The number of aromatic nitrogens is 3. The van der Waals surface area contributed by atoms with Gasteiger partial charge < -0.3 is 14.0 Å². The zero-order chi connectivity index (χ0) is 44.1. The van der Waals surface area contributed by atoms with Crippen LogP contribution in [0.15, 0.2) is 132 Å². The zero-order valence-corrected chi connectivity index (χ0v) is 37.0. The van der Waals surface area contributed by atoms with Gasteiger partial charge in [0.1, 0.15) is 11.4 Å². The molecule has 0 spiro atoms. The number of hydrogen-bond donors (Lipinski definition) is 0. The number of fused-ring (bicyclic) bond motifs is 4. The molecule has 9 rings (SSSR count). The molecule has 9 aromatic rings. The molecule has 0 fully saturated rings. The standard InChI is InChI=1S/C37H30FN2O.C16H17FN.Ir/c1-22(2)27-9-7-10-28(23(3)4)35(27)40-33-14-6-5-13-32(33)39-37(40)31-12-8-11-30-29-20-17-25(21-34(29)41-36(30)31)24-15-18-26(38)19-16-24;1-11-5-7-13(14(17)9-11)15-8-6-12(10-18-15)16(2,3)4;/h5-11,13-23H,1-4H3;5-6,8-10H,1-4H3;/q2*-1;/i;1D3;. The summed E-state index contributed by atoms with van der Waals surface area (Å²) < 4.78 is 58.4. The van der Waals surface area contributed by atoms with E-state index >= 15 is 0 Å². The molecule has 4 nitrogen and oxygen atoms in total. The first kappa shape index (κ1) is 38.5. The molecule has 0 amide bonds. The maximum absolute atomic E-state index is 14.1. The average Bonchev–Trinajstić information content (AvgIpc) is 3.81. The van der Waals surface area contributed by atoms with Crippen molar-refractivity contribution in [3.8, 4) is 39.5 Å². The summed E-state index contributed by atoms with van der Waals surface area (Å²) in [5.74, 6) is 0.590. The van der Waals surface area contributed by atoms with Crippen molar-refractivity contribution in [3.63, 3.8) is 0 Å². The number of aryl methyl sites for hydroxylation is 1. The third kappa shape index (κ3) is 8.21. The van der Waals surface area contributed by atoms with Crippen molar-refractivity contribution in [2.45, 2.75) is 72.6 Å². The molecule has 1 radical (unpaired) electrons. The molecule has 0 atom stereocenters. The monoisotopic (exact) mass is 975 g/mol. The van der Waals surface area contributed by atoms with Gasteiger partial charge in [-0.3, -0.25) is 9.37 Å². The quantitative estimate of drug-likeness (QED) is 0.156. The Morgan fingerprint density at radius 1 is 0.750 bits per heavy atom. The van der Waals surface area contributed by atoms with Crippen LogP contribution in [0.2, 0.25) is 0 Å². The van der Waals surface area contributed by atoms with Crippen molar-refractivity contribution >= 4 is 33.0 Å². The Hall–Kier alpha value is -5.75. The van der Waals surface area contributed by atoms with Gasteiger partial charge in [-0.15, -0.1) is 42.0 Å². The number of halogens is 2. The topological polar surface area (TPSA) is 43.9 Å². The molecular weight excluding hydrogens is 925 g/mol. The normalized spacial score (nSPS) is 12.6. The first-order valence-electron chi connectivity index (χ1n) is 21.4. The van der Waals surface area contributed by atoms with Gasteiger partial charge in [-0.05, 0) is 81.1 Å². The number of nitrogens with zero attached hydrogens (tertiary/aromatic N) is 3. The summed E-state index contributed by atoms with van der Waals surface area (Å²) in [5, 5.41) is 2.04. The summed E-state index contributed by atoms with van der Waals surface area (Å²) in [6, 6.07) is 43.8. The van der Waals surface area contributed by atoms with Crippen LogP contribution in [0.25, 0.3) is 72.4 Å². The molecule has 3 aromatic heterocycles. The van der Waals surface area contributed by atoms with Crippen LogP contribution in [0.5, 0.6) is 0 Å². The first-order chi connectivity index (χ1) is 29.5. The zero-order valence-electron chi connectivity index (χ0n) is 37.6. The van der Waals surface area contributed by atoms with Crippen LogP contribution in [0.1, 0.15) is 86.7 Å². The van der Waals surface area contributed by atoms with Crippen LogP contribution in [0.3, 0.4) is 0 Å². The number of pyridine rings is 1. The molecular formula is C53H47F2IrN3O-2. The van der Waals surface area contributed by atoms with Crippen molar-refractivity contribution in [3.05, 3.63) is 174 Å². The van der Waals surface area contributed by atoms with Crippen LogP contribution in [0, 0.1) is 30.6 Å². The van der Waals surface area contributed by atoms with Crippen LogP contribution in [0.4, 0.5) is 8.78 Å². The van der Waals surface area contributed by atoms with Crippen LogP contribution >= 0.6 is 0 Å². The predicted octanol–water partition coefficient (Wildman–Crippen LogP) is 14.7. The Morgan fingerprint density at radius 3 is 2.12 bits per heavy atom. The summed E-state index contributed by atoms with van der Waals surface area (Å²) in [4.78, 5) is 9.45. The van der Waals surface area contributed by atoms with E-state index in [1.807, 2.05) is 24.3 Å². The van der Waals surface area contributed by atoms with E-state index in [2.05, 4.69) is 125 Å². The molecule has 60 heavy (non-hydrogen) atoms. The second kappa shape index (κ2) is 17.1. The molecule has 0 unspecified atom stereocenters. The summed E-state index contributed by atoms with van der Waals surface area (Å²) in [6.07, 6.45) is 1.71. The molecule has 0 bridgehead atoms. The van der Waals surface area contributed by atoms with E-state index in [-0.39, 0.29) is 42.5 Å². The van der Waals surface area contributed by atoms with Crippen LogP contribution in [-0.2, 0) is 25.5 Å². The third-order valence-electron chi connectivity index (χ3n) is 10.7. The van der Waals surface area contributed by atoms with Gasteiger partial charge in [0, 0.05) is 47.3 Å². The van der Waals surface area contributed by atoms with Crippen molar-refractivity contribution in [2.24, 2.45) is 0 Å². The molecule has 3 heterocycles. The number of imidazole rings is 1. The fraction of sp³-hybridized carbons (Fsp3) is 0.208. The maximum atomic E-state index is 14.1. The molecule has 305 valence electrons. The van der Waals surface area contributed by atoms with E-state index in [1.54, 1.807) is 24.4 Å². The average molecular weight is 975 g/mol. The SMILES string of the molecule is CC(C)c1cccc(C(C)C)c1-n1c(-c2[c-]ccc3c2oc2cc(-c4ccc(F)cc4)ccc23)nc2ccccc21.[2H]C([2H])([2H])c1c[c-]c(-c2ccc(C(C)(C)C)cn2)c(F)c1.[Ir]. The second-order valence-corrected chi connectivity index (χ2v) is 16.6. The molecule has 0 N–H and O–H groups in total. The molecule has 0 aliphatic heterocycles. The van der Waals surface area contributed by atoms with Gasteiger partial charge >= 0.3 is 0 Å². The number of furan rings is 1. The minimum Gasteiger partial charge on any atom is -0.501 e. The van der Waals surface area contributed by atoms with E-state index in [0.717, 1.165) is 67.1 Å². The number of benzene rings is 6. The minimum absolute atomic E-state index is 0. The summed E-state index contributed by atoms with van der Waals surface area (Å²) in [5.41, 5.74) is 11.6. The molecule has 0 saturated heterocycles. The Bertz CT molecular complexity index is 3050. The van der Waals surface area contributed by atoms with Gasteiger partial charge in [0.25, 0.3) is 0 Å². The second-order valence-electron chi connectivity index (χ2n) is 16.6. The molecule has 7 heteroatoms. The molecule has 6 aromatic carbocycles. The van der Waals surface area contributed by atoms with Crippen LogP contribution in [-0.4, -0.2) is 14.5 Å². The Labute approximate surface area is 368 Å². The smallest absolute Gasteiger partial charge is 0.123 e. The van der Waals surface area contributed by atoms with E-state index < -0.39 is 12.7 Å². The van der Waals surface area contributed by atoms with Crippen molar-refractivity contribution in [1.82, 2.24) is 14.5 Å². The Balaban J connectivity index is 0.000000229. The van der Waals surface area contributed by atoms with Crippen LogP contribution < -0.4 is 0 Å². The molecule has 0 saturated carbocycles. The summed E-state index contributed by atoms with van der Waals surface area (Å²) in [7, 11) is 0. The van der Waals surface area contributed by atoms with Crippen molar-refractivity contribution < 1.29 is 37.4 Å². The van der Waals surface area contributed by atoms with Crippen molar-refractivity contribution in [1.29, 1.82) is 0 Å². The van der Waals surface area contributed by atoms with Crippen molar-refractivity contribution in [2.75, 3.05) is 0 Å². The Kier molecular flexibility index (Phi) is 10.9. The largest absolute Gasteiger partial charge is 0.501 e.